The molecule has 0 atom stereocenters. The molecular formula is C42H28BrCl4F4N7O3S2. The third-order valence-electron chi connectivity index (χ3n) is 9.60. The van der Waals surface area contributed by atoms with Gasteiger partial charge in [0.2, 0.25) is 0 Å². The van der Waals surface area contributed by atoms with Crippen LogP contribution in [0, 0.1) is 23.3 Å². The van der Waals surface area contributed by atoms with E-state index in [2.05, 4.69) is 36.4 Å². The molecule has 63 heavy (non-hydrogen) atoms. The van der Waals surface area contributed by atoms with Crippen LogP contribution in [0.2, 0.25) is 20.1 Å². The second-order valence-corrected chi connectivity index (χ2v) is 18.1. The Kier molecular flexibility index (Phi) is 13.8. The molecule has 4 aromatic carbocycles. The number of pyridine rings is 2. The number of hydrogen-bond acceptors (Lipinski definition) is 8. The number of urea groups is 2. The van der Waals surface area contributed by atoms with E-state index >= 15 is 0 Å². The SMILES string of the molecule is O=C1NCc2nc(Sc3ccc(F)cc3F)c(Br)cc2N1c1c(Cl)cccc1Cl.O=C1NCc2nc(Sc3ccc(F)cc3F)c(N3CCOCC3)cc2N1c1c(Cl)cccc1Cl. The Hall–Kier alpha value is -4.46. The van der Waals surface area contributed by atoms with Crippen LogP contribution in [0.25, 0.3) is 0 Å². The van der Waals surface area contributed by atoms with Crippen molar-refractivity contribution in [2.75, 3.05) is 41.0 Å². The smallest absolute Gasteiger partial charge is 0.326 e. The van der Waals surface area contributed by atoms with Crippen LogP contribution in [0.1, 0.15) is 11.4 Å². The van der Waals surface area contributed by atoms with Crippen LogP contribution in [0.15, 0.2) is 109 Å². The molecule has 0 bridgehead atoms. The van der Waals surface area contributed by atoms with Crippen molar-refractivity contribution in [1.82, 2.24) is 20.6 Å². The van der Waals surface area contributed by atoms with Gasteiger partial charge < -0.3 is 20.3 Å². The van der Waals surface area contributed by atoms with Gasteiger partial charge in [-0.1, -0.05) is 82.1 Å². The molecule has 10 nitrogen and oxygen atoms in total. The molecule has 4 amide bonds. The fourth-order valence-electron chi connectivity index (χ4n) is 6.70. The van der Waals surface area contributed by atoms with Crippen LogP contribution in [-0.2, 0) is 17.8 Å². The summed E-state index contributed by atoms with van der Waals surface area (Å²) in [5, 5.41) is 7.77. The van der Waals surface area contributed by atoms with Gasteiger partial charge in [0, 0.05) is 35.0 Å². The molecule has 2 aromatic heterocycles. The summed E-state index contributed by atoms with van der Waals surface area (Å²) in [7, 11) is 0. The maximum Gasteiger partial charge on any atom is 0.326 e. The number of aromatic nitrogens is 2. The molecule has 0 saturated carbocycles. The number of benzene rings is 4. The first-order valence-corrected chi connectivity index (χ1v) is 22.6. The Morgan fingerprint density at radius 1 is 0.603 bits per heavy atom. The molecule has 0 aliphatic carbocycles. The van der Waals surface area contributed by atoms with E-state index in [1.54, 1.807) is 42.5 Å². The average Bonchev–Trinajstić information content (AvgIpc) is 3.25. The Labute approximate surface area is 394 Å². The number of rotatable bonds is 7. The molecule has 6 aromatic rings. The quantitative estimate of drug-likeness (QED) is 0.152. The Morgan fingerprint density at radius 2 is 1.05 bits per heavy atom. The van der Waals surface area contributed by atoms with Crippen LogP contribution in [0.3, 0.4) is 0 Å². The fourth-order valence-corrected chi connectivity index (χ4v) is 10.1. The highest BCUT2D eigenvalue weighted by atomic mass is 79.9. The number of anilines is 5. The predicted molar refractivity (Wildman–Crippen MR) is 242 cm³/mol. The largest absolute Gasteiger partial charge is 0.378 e. The second-order valence-electron chi connectivity index (χ2n) is 13.6. The molecule has 9 rings (SSSR count). The highest BCUT2D eigenvalue weighted by Gasteiger charge is 2.33. The van der Waals surface area contributed by atoms with Gasteiger partial charge in [0.25, 0.3) is 0 Å². The van der Waals surface area contributed by atoms with Crippen molar-refractivity contribution in [3.05, 3.63) is 144 Å². The molecule has 324 valence electrons. The van der Waals surface area contributed by atoms with E-state index < -0.39 is 29.3 Å². The number of amides is 4. The van der Waals surface area contributed by atoms with Gasteiger partial charge in [-0.3, -0.25) is 9.80 Å². The number of carbonyl (C=O) groups is 2. The van der Waals surface area contributed by atoms with Crippen molar-refractivity contribution in [1.29, 1.82) is 0 Å². The van der Waals surface area contributed by atoms with E-state index in [1.165, 1.54) is 34.1 Å². The van der Waals surface area contributed by atoms with Crippen molar-refractivity contribution in [2.45, 2.75) is 32.9 Å². The second kappa shape index (κ2) is 19.3. The van der Waals surface area contributed by atoms with Gasteiger partial charge in [-0.25, -0.2) is 37.1 Å². The number of nitrogens with zero attached hydrogens (tertiary/aromatic N) is 5. The maximum absolute atomic E-state index is 14.5. The van der Waals surface area contributed by atoms with E-state index in [4.69, 9.17) is 56.1 Å². The van der Waals surface area contributed by atoms with Gasteiger partial charge in [-0.05, 0) is 76.6 Å². The summed E-state index contributed by atoms with van der Waals surface area (Å²) in [5.41, 5.74) is 3.55. The summed E-state index contributed by atoms with van der Waals surface area (Å²) in [6, 6.07) is 19.5. The van der Waals surface area contributed by atoms with E-state index in [0.717, 1.165) is 35.7 Å². The first-order valence-electron chi connectivity index (χ1n) is 18.6. The zero-order valence-electron chi connectivity index (χ0n) is 32.0. The van der Waals surface area contributed by atoms with Crippen LogP contribution >= 0.6 is 85.9 Å². The number of carbonyl (C=O) groups excluding carboxylic acids is 2. The minimum atomic E-state index is -0.681. The number of halogens is 9. The highest BCUT2D eigenvalue weighted by Crippen LogP contribution is 2.46. The first-order chi connectivity index (χ1) is 30.3. The van der Waals surface area contributed by atoms with Crippen molar-refractivity contribution < 1.29 is 31.9 Å². The summed E-state index contributed by atoms with van der Waals surface area (Å²) in [6.07, 6.45) is 0. The summed E-state index contributed by atoms with van der Waals surface area (Å²) >= 11 is 31.0. The van der Waals surface area contributed by atoms with E-state index in [0.29, 0.717) is 101 Å². The number of fused-ring (bicyclic) bond motifs is 2. The van der Waals surface area contributed by atoms with E-state index in [9.17, 15) is 27.2 Å². The lowest BCUT2D eigenvalue weighted by molar-refractivity contribution is 0.122. The van der Waals surface area contributed by atoms with Gasteiger partial charge in [-0.2, -0.15) is 0 Å². The molecule has 3 aliphatic heterocycles. The Morgan fingerprint density at radius 3 is 1.52 bits per heavy atom. The lowest BCUT2D eigenvalue weighted by atomic mass is 10.1. The molecular weight excluding hydrogens is 1010 g/mol. The van der Waals surface area contributed by atoms with Crippen LogP contribution < -0.4 is 25.3 Å². The van der Waals surface area contributed by atoms with Crippen LogP contribution in [-0.4, -0.2) is 48.3 Å². The van der Waals surface area contributed by atoms with E-state index in [-0.39, 0.29) is 28.9 Å². The van der Waals surface area contributed by atoms with Crippen molar-refractivity contribution in [3.63, 3.8) is 0 Å². The van der Waals surface area contributed by atoms with Crippen molar-refractivity contribution in [3.8, 4) is 0 Å². The summed E-state index contributed by atoms with van der Waals surface area (Å²) in [4.78, 5) is 40.2. The zero-order chi connectivity index (χ0) is 44.5. The predicted octanol–water partition coefficient (Wildman–Crippen LogP) is 13.0. The van der Waals surface area contributed by atoms with E-state index in [1.807, 2.05) is 6.07 Å². The normalized spacial score (nSPS) is 14.7. The molecule has 0 spiro atoms. The molecule has 2 N–H and O–H groups in total. The molecule has 0 radical (unpaired) electrons. The number of ether oxygens (including phenoxy) is 1. The average molecular weight is 1040 g/mol. The number of hydrogen-bond donors (Lipinski definition) is 2. The van der Waals surface area contributed by atoms with Gasteiger partial charge in [-0.15, -0.1) is 0 Å². The molecule has 1 fully saturated rings. The first kappa shape index (κ1) is 45.1. The molecule has 21 heteroatoms. The van der Waals surface area contributed by atoms with Crippen molar-refractivity contribution >= 4 is 126 Å². The maximum atomic E-state index is 14.5. The molecule has 0 unspecified atom stereocenters. The number of nitrogens with one attached hydrogen (secondary N) is 2. The molecule has 3 aliphatic rings. The standard InChI is InChI=1S/C23H18Cl2F2N4O2S.C19H10BrCl2F2N3OS/c24-14-2-1-3-15(25)21(14)31-18-11-19(30-6-8-33-9-7-30)22(29-17(18)12-28-23(31)32)34-20-5-4-13(26)10-16(20)27;20-10-7-15-14(26-18(10)29-16-5-4-9(23)6-13(16)24)8-25-19(28)27(15)17-11(21)2-1-3-12(17)22/h1-5,10-11H,6-9,12H2,(H,28,32);1-7H,8H2,(H,25,28). The molecule has 5 heterocycles. The lowest BCUT2D eigenvalue weighted by Gasteiger charge is -2.34. The molecule has 1 saturated heterocycles. The van der Waals surface area contributed by atoms with Crippen molar-refractivity contribution in [2.24, 2.45) is 0 Å². The minimum Gasteiger partial charge on any atom is -0.378 e. The number of morpholine rings is 1. The Bertz CT molecular complexity index is 2760. The van der Waals surface area contributed by atoms with Gasteiger partial charge in [0.1, 0.15) is 33.3 Å². The number of para-hydroxylation sites is 2. The monoisotopic (exact) mass is 1040 g/mol. The lowest BCUT2D eigenvalue weighted by Crippen LogP contribution is -2.42. The van der Waals surface area contributed by atoms with Crippen LogP contribution in [0.4, 0.5) is 55.6 Å². The third kappa shape index (κ3) is 9.66. The van der Waals surface area contributed by atoms with Gasteiger partial charge in [0.05, 0.1) is 90.7 Å². The topological polar surface area (TPSA) is 103 Å². The van der Waals surface area contributed by atoms with Gasteiger partial charge in [0.15, 0.2) is 0 Å². The Balaban J connectivity index is 0.000000175. The third-order valence-corrected chi connectivity index (χ3v) is 13.8. The minimum absolute atomic E-state index is 0.176. The summed E-state index contributed by atoms with van der Waals surface area (Å²) in [6.45, 7) is 2.59. The summed E-state index contributed by atoms with van der Waals surface area (Å²) in [5.74, 6) is -2.66. The highest BCUT2D eigenvalue weighted by molar-refractivity contribution is 9.10. The van der Waals surface area contributed by atoms with Gasteiger partial charge >= 0.3 is 12.1 Å². The van der Waals surface area contributed by atoms with Crippen LogP contribution in [0.5, 0.6) is 0 Å². The zero-order valence-corrected chi connectivity index (χ0v) is 38.2. The fraction of sp³-hybridized carbons (Fsp3) is 0.143. The summed E-state index contributed by atoms with van der Waals surface area (Å²) < 4.78 is 61.1.